The first-order valence-corrected chi connectivity index (χ1v) is 13.6. The van der Waals surface area contributed by atoms with Gasteiger partial charge in [-0.25, -0.2) is 0 Å². The van der Waals surface area contributed by atoms with E-state index in [9.17, 15) is 30.3 Å². The molecular weight excluding hydrogens is 506 g/mol. The topological polar surface area (TPSA) is 186 Å². The quantitative estimate of drug-likeness (QED) is 0.218. The molecule has 1 amide bonds. The molecule has 3 aliphatic heterocycles. The number of aliphatic hydroxyl groups excluding tert-OH is 5. The fraction of sp³-hybridized carbons (Fsp3) is 0.960. The third kappa shape index (κ3) is 6.33. The van der Waals surface area contributed by atoms with E-state index >= 15 is 0 Å². The van der Waals surface area contributed by atoms with Crippen LogP contribution in [0.2, 0.25) is 0 Å². The van der Waals surface area contributed by atoms with Crippen molar-refractivity contribution in [1.29, 1.82) is 0 Å². The summed E-state index contributed by atoms with van der Waals surface area (Å²) in [6.45, 7) is 3.36. The molecule has 4 aliphatic rings. The zero-order chi connectivity index (χ0) is 27.6. The molecule has 6 unspecified atom stereocenters. The third-order valence-electron chi connectivity index (χ3n) is 8.06. The monoisotopic (exact) mass is 549 g/mol. The molecule has 3 saturated heterocycles. The van der Waals surface area contributed by atoms with E-state index in [1.165, 1.54) is 7.05 Å². The SMILES string of the molecule is CNC(=O)[C@H]1CCCOC2C(O1)[C@@H](O)C(CO)O[C@H]2O[C@@H]1CCC[C@@H](C)C1O[C@@H]1OC(C)[C@@H](O)C(O)[C@@H]1O. The summed E-state index contributed by atoms with van der Waals surface area (Å²) in [6, 6.07) is 0. The number of fused-ring (bicyclic) bond motifs is 1. The van der Waals surface area contributed by atoms with E-state index in [0.29, 0.717) is 25.9 Å². The van der Waals surface area contributed by atoms with Gasteiger partial charge in [0.2, 0.25) is 5.91 Å². The van der Waals surface area contributed by atoms with E-state index in [-0.39, 0.29) is 11.8 Å². The highest BCUT2D eigenvalue weighted by molar-refractivity contribution is 5.80. The number of nitrogens with one attached hydrogen (secondary N) is 1. The van der Waals surface area contributed by atoms with Gasteiger partial charge in [-0.2, -0.15) is 0 Å². The Labute approximate surface area is 222 Å². The number of carbonyl (C=O) groups is 1. The molecule has 6 N–H and O–H groups in total. The molecule has 4 rings (SSSR count). The highest BCUT2D eigenvalue weighted by atomic mass is 16.7. The van der Waals surface area contributed by atoms with Crippen molar-refractivity contribution in [2.24, 2.45) is 5.92 Å². The van der Waals surface area contributed by atoms with Crippen LogP contribution in [0.5, 0.6) is 0 Å². The molecule has 0 spiro atoms. The second kappa shape index (κ2) is 13.1. The van der Waals surface area contributed by atoms with E-state index in [0.717, 1.165) is 12.8 Å². The Morgan fingerprint density at radius 3 is 2.34 bits per heavy atom. The summed E-state index contributed by atoms with van der Waals surface area (Å²) in [5, 5.41) is 54.1. The van der Waals surface area contributed by atoms with Crippen molar-refractivity contribution in [2.45, 2.75) is 126 Å². The first-order valence-electron chi connectivity index (χ1n) is 13.6. The summed E-state index contributed by atoms with van der Waals surface area (Å²) >= 11 is 0. The maximum absolute atomic E-state index is 12.4. The van der Waals surface area contributed by atoms with E-state index in [1.807, 2.05) is 6.92 Å². The Bertz CT molecular complexity index is 775. The number of rotatable bonds is 6. The van der Waals surface area contributed by atoms with E-state index in [4.69, 9.17) is 28.4 Å². The average Bonchev–Trinajstić information content (AvgIpc) is 2.89. The van der Waals surface area contributed by atoms with Crippen molar-refractivity contribution in [3.05, 3.63) is 0 Å². The smallest absolute Gasteiger partial charge is 0.248 e. The van der Waals surface area contributed by atoms with Crippen LogP contribution in [0.1, 0.15) is 46.0 Å². The second-order valence-electron chi connectivity index (χ2n) is 10.8. The summed E-state index contributed by atoms with van der Waals surface area (Å²) in [6.07, 6.45) is -9.97. The number of hydrogen-bond donors (Lipinski definition) is 6. The molecule has 3 heterocycles. The van der Waals surface area contributed by atoms with E-state index in [1.54, 1.807) is 6.92 Å². The minimum Gasteiger partial charge on any atom is -0.394 e. The Balaban J connectivity index is 1.52. The summed E-state index contributed by atoms with van der Waals surface area (Å²) in [5.41, 5.74) is 0. The first-order chi connectivity index (χ1) is 18.2. The molecule has 0 bridgehead atoms. The van der Waals surface area contributed by atoms with Crippen molar-refractivity contribution in [3.8, 4) is 0 Å². The first kappa shape index (κ1) is 30.0. The van der Waals surface area contributed by atoms with Gasteiger partial charge >= 0.3 is 0 Å². The van der Waals surface area contributed by atoms with Gasteiger partial charge in [0.05, 0.1) is 24.9 Å². The van der Waals surface area contributed by atoms with Crippen LogP contribution in [0.4, 0.5) is 0 Å². The number of hydrogen-bond acceptors (Lipinski definition) is 12. The van der Waals surface area contributed by atoms with Crippen molar-refractivity contribution >= 4 is 5.91 Å². The minimum atomic E-state index is -1.45. The Kier molecular flexibility index (Phi) is 10.4. The van der Waals surface area contributed by atoms with Crippen LogP contribution in [0.3, 0.4) is 0 Å². The number of ether oxygens (including phenoxy) is 6. The zero-order valence-corrected chi connectivity index (χ0v) is 22.1. The summed E-state index contributed by atoms with van der Waals surface area (Å²) in [4.78, 5) is 12.4. The maximum atomic E-state index is 12.4. The average molecular weight is 550 g/mol. The molecule has 1 saturated carbocycles. The number of carbonyl (C=O) groups excluding carboxylic acids is 1. The van der Waals surface area contributed by atoms with Crippen molar-refractivity contribution in [1.82, 2.24) is 5.32 Å². The predicted molar refractivity (Wildman–Crippen MR) is 129 cm³/mol. The number of likely N-dealkylation sites (N-methyl/N-ethyl adjacent to an activating group) is 1. The van der Waals surface area contributed by atoms with Crippen LogP contribution in [0, 0.1) is 5.92 Å². The Morgan fingerprint density at radius 1 is 0.868 bits per heavy atom. The van der Waals surface area contributed by atoms with Gasteiger partial charge in [0.25, 0.3) is 0 Å². The van der Waals surface area contributed by atoms with Gasteiger partial charge in [-0.15, -0.1) is 0 Å². The van der Waals surface area contributed by atoms with Gasteiger partial charge in [0.15, 0.2) is 12.6 Å². The molecule has 0 aromatic heterocycles. The molecule has 4 fully saturated rings. The normalized spacial score (nSPS) is 48.4. The van der Waals surface area contributed by atoms with Crippen LogP contribution in [0.15, 0.2) is 0 Å². The molecule has 0 aromatic carbocycles. The summed E-state index contributed by atoms with van der Waals surface area (Å²) in [7, 11) is 1.51. The van der Waals surface area contributed by atoms with E-state index in [2.05, 4.69) is 5.32 Å². The van der Waals surface area contributed by atoms with Gasteiger partial charge in [-0.05, 0) is 38.5 Å². The lowest BCUT2D eigenvalue weighted by atomic mass is 9.85. The number of aliphatic hydroxyl groups is 5. The fourth-order valence-electron chi connectivity index (χ4n) is 5.74. The standard InChI is InChI=1S/C25H43NO12/c1-11-6-4-7-13(20(11)38-24-19(31)18(30)16(28)12(2)34-24)36-25-22-21(17(29)15(10-27)37-25)35-14(23(32)26-3)8-5-9-33-22/h11-22,24-25,27-31H,4-10H2,1-3H3,(H,26,32)/t11-,12?,13-,14-,15?,16-,17+,18?,19+,20?,21?,22?,24+,25-/m1/s1. The van der Waals surface area contributed by atoms with Crippen LogP contribution in [-0.2, 0) is 33.2 Å². The fourth-order valence-corrected chi connectivity index (χ4v) is 5.74. The maximum Gasteiger partial charge on any atom is 0.248 e. The molecule has 13 nitrogen and oxygen atoms in total. The van der Waals surface area contributed by atoms with Gasteiger partial charge in [0.1, 0.15) is 48.8 Å². The van der Waals surface area contributed by atoms with Crippen LogP contribution in [0.25, 0.3) is 0 Å². The lowest BCUT2D eigenvalue weighted by Gasteiger charge is -2.48. The lowest BCUT2D eigenvalue weighted by Crippen LogP contribution is -2.64. The van der Waals surface area contributed by atoms with Gasteiger partial charge in [-0.1, -0.05) is 13.3 Å². The zero-order valence-electron chi connectivity index (χ0n) is 22.1. The molecule has 0 radical (unpaired) electrons. The van der Waals surface area contributed by atoms with E-state index < -0.39 is 86.3 Å². The van der Waals surface area contributed by atoms with Gasteiger partial charge in [0, 0.05) is 13.7 Å². The molecule has 1 aliphatic carbocycles. The van der Waals surface area contributed by atoms with Crippen LogP contribution >= 0.6 is 0 Å². The van der Waals surface area contributed by atoms with Crippen molar-refractivity contribution < 1.29 is 58.7 Å². The van der Waals surface area contributed by atoms with Crippen LogP contribution in [-0.4, -0.2) is 131 Å². The van der Waals surface area contributed by atoms with Crippen molar-refractivity contribution in [2.75, 3.05) is 20.3 Å². The van der Waals surface area contributed by atoms with Crippen molar-refractivity contribution in [3.63, 3.8) is 0 Å². The second-order valence-corrected chi connectivity index (χ2v) is 10.8. The Morgan fingerprint density at radius 2 is 1.63 bits per heavy atom. The molecule has 0 aromatic rings. The van der Waals surface area contributed by atoms with Gasteiger partial charge < -0.3 is 59.3 Å². The molecule has 14 atom stereocenters. The summed E-state index contributed by atoms with van der Waals surface area (Å²) < 4.78 is 36.2. The third-order valence-corrected chi connectivity index (χ3v) is 8.06. The summed E-state index contributed by atoms with van der Waals surface area (Å²) in [5.74, 6) is -0.320. The molecule has 38 heavy (non-hydrogen) atoms. The molecule has 220 valence electrons. The highest BCUT2D eigenvalue weighted by Crippen LogP contribution is 2.36. The van der Waals surface area contributed by atoms with Gasteiger partial charge in [-0.3, -0.25) is 4.79 Å². The molecule has 13 heteroatoms. The number of amides is 1. The highest BCUT2D eigenvalue weighted by Gasteiger charge is 2.51. The van der Waals surface area contributed by atoms with Crippen LogP contribution < -0.4 is 5.32 Å². The Hall–Kier alpha value is -0.970. The molecular formula is C25H43NO12. The predicted octanol–water partition coefficient (Wildman–Crippen LogP) is -1.84. The largest absolute Gasteiger partial charge is 0.394 e. The minimum absolute atomic E-state index is 0.00500. The lowest BCUT2D eigenvalue weighted by molar-refractivity contribution is -0.354.